The van der Waals surface area contributed by atoms with Crippen molar-refractivity contribution in [1.29, 1.82) is 0 Å². The molecule has 1 rings (SSSR count). The van der Waals surface area contributed by atoms with E-state index in [4.69, 9.17) is 4.74 Å². The number of nitrogens with one attached hydrogen (secondary N) is 1. The first-order chi connectivity index (χ1) is 7.81. The van der Waals surface area contributed by atoms with Gasteiger partial charge in [0.25, 0.3) is 0 Å². The summed E-state index contributed by atoms with van der Waals surface area (Å²) in [5.74, 6) is 0. The molecule has 0 aliphatic rings. The second-order valence-corrected chi connectivity index (χ2v) is 4.04. The standard InChI is InChI=1S/C14H23NO/c1-4-14(16-3)13(15-5-2)11-12-9-7-6-8-10-12/h6-10,13-15H,4-5,11H2,1-3H3. The Morgan fingerprint density at radius 2 is 1.88 bits per heavy atom. The summed E-state index contributed by atoms with van der Waals surface area (Å²) in [6.45, 7) is 5.29. The first-order valence-electron chi connectivity index (χ1n) is 6.11. The molecule has 2 nitrogen and oxygen atoms in total. The van der Waals surface area contributed by atoms with Gasteiger partial charge >= 0.3 is 0 Å². The molecule has 1 aromatic carbocycles. The van der Waals surface area contributed by atoms with Crippen LogP contribution in [0.25, 0.3) is 0 Å². The van der Waals surface area contributed by atoms with E-state index in [0.717, 1.165) is 19.4 Å². The largest absolute Gasteiger partial charge is 0.380 e. The molecule has 90 valence electrons. The quantitative estimate of drug-likeness (QED) is 0.764. The van der Waals surface area contributed by atoms with Crippen LogP contribution < -0.4 is 5.32 Å². The summed E-state index contributed by atoms with van der Waals surface area (Å²) >= 11 is 0. The van der Waals surface area contributed by atoms with E-state index in [-0.39, 0.29) is 0 Å². The van der Waals surface area contributed by atoms with Crippen LogP contribution in [-0.2, 0) is 11.2 Å². The lowest BCUT2D eigenvalue weighted by Crippen LogP contribution is -2.42. The smallest absolute Gasteiger partial charge is 0.0724 e. The van der Waals surface area contributed by atoms with Crippen LogP contribution in [0.1, 0.15) is 25.8 Å². The van der Waals surface area contributed by atoms with Crippen LogP contribution in [-0.4, -0.2) is 25.8 Å². The van der Waals surface area contributed by atoms with Crippen molar-refractivity contribution >= 4 is 0 Å². The van der Waals surface area contributed by atoms with Gasteiger partial charge in [0.1, 0.15) is 0 Å². The minimum atomic E-state index is 0.292. The molecule has 0 bridgehead atoms. The van der Waals surface area contributed by atoms with E-state index in [1.54, 1.807) is 7.11 Å². The molecular weight excluding hydrogens is 198 g/mol. The Morgan fingerprint density at radius 3 is 2.38 bits per heavy atom. The van der Waals surface area contributed by atoms with Crippen LogP contribution in [0.15, 0.2) is 30.3 Å². The fourth-order valence-electron chi connectivity index (χ4n) is 2.08. The maximum absolute atomic E-state index is 5.52. The van der Waals surface area contributed by atoms with Gasteiger partial charge in [0, 0.05) is 13.2 Å². The molecule has 2 atom stereocenters. The molecule has 0 saturated heterocycles. The van der Waals surface area contributed by atoms with Crippen LogP contribution in [0.3, 0.4) is 0 Å². The molecule has 1 aromatic rings. The highest BCUT2D eigenvalue weighted by atomic mass is 16.5. The molecule has 0 amide bonds. The van der Waals surface area contributed by atoms with Crippen molar-refractivity contribution in [2.24, 2.45) is 0 Å². The van der Waals surface area contributed by atoms with Gasteiger partial charge in [-0.3, -0.25) is 0 Å². The van der Waals surface area contributed by atoms with Gasteiger partial charge in [0.2, 0.25) is 0 Å². The summed E-state index contributed by atoms with van der Waals surface area (Å²) in [5.41, 5.74) is 1.36. The predicted molar refractivity (Wildman–Crippen MR) is 68.7 cm³/mol. The van der Waals surface area contributed by atoms with E-state index < -0.39 is 0 Å². The fraction of sp³-hybridized carbons (Fsp3) is 0.571. The van der Waals surface area contributed by atoms with E-state index in [9.17, 15) is 0 Å². The summed E-state index contributed by atoms with van der Waals surface area (Å²) in [4.78, 5) is 0. The SMILES string of the molecule is CCNC(Cc1ccccc1)C(CC)OC. The van der Waals surface area contributed by atoms with Gasteiger partial charge in [-0.1, -0.05) is 44.2 Å². The number of hydrogen-bond donors (Lipinski definition) is 1. The zero-order valence-electron chi connectivity index (χ0n) is 10.6. The van der Waals surface area contributed by atoms with Crippen LogP contribution in [0, 0.1) is 0 Å². The highest BCUT2D eigenvalue weighted by Crippen LogP contribution is 2.10. The van der Waals surface area contributed by atoms with Crippen molar-refractivity contribution < 1.29 is 4.74 Å². The summed E-state index contributed by atoms with van der Waals surface area (Å²) < 4.78 is 5.52. The zero-order valence-corrected chi connectivity index (χ0v) is 10.6. The second kappa shape index (κ2) is 7.42. The monoisotopic (exact) mass is 221 g/mol. The number of hydrogen-bond acceptors (Lipinski definition) is 2. The minimum absolute atomic E-state index is 0.292. The highest BCUT2D eigenvalue weighted by molar-refractivity contribution is 5.16. The molecule has 0 spiro atoms. The van der Waals surface area contributed by atoms with E-state index in [1.807, 2.05) is 0 Å². The Kier molecular flexibility index (Phi) is 6.12. The summed E-state index contributed by atoms with van der Waals surface area (Å²) in [6, 6.07) is 11.0. The number of ether oxygens (including phenoxy) is 1. The van der Waals surface area contributed by atoms with E-state index in [1.165, 1.54) is 5.56 Å². The normalized spacial score (nSPS) is 14.7. The van der Waals surface area contributed by atoms with E-state index in [2.05, 4.69) is 49.5 Å². The van der Waals surface area contributed by atoms with Gasteiger partial charge in [0.05, 0.1) is 6.10 Å². The molecule has 2 heteroatoms. The van der Waals surface area contributed by atoms with Crippen molar-refractivity contribution in [2.75, 3.05) is 13.7 Å². The predicted octanol–water partition coefficient (Wildman–Crippen LogP) is 2.63. The van der Waals surface area contributed by atoms with Gasteiger partial charge in [-0.15, -0.1) is 0 Å². The zero-order chi connectivity index (χ0) is 11.8. The Labute approximate surface area is 99.0 Å². The number of rotatable bonds is 7. The Bertz CT molecular complexity index is 269. The van der Waals surface area contributed by atoms with E-state index in [0.29, 0.717) is 12.1 Å². The van der Waals surface area contributed by atoms with Gasteiger partial charge in [-0.05, 0) is 24.9 Å². The molecule has 0 aliphatic carbocycles. The van der Waals surface area contributed by atoms with Crippen LogP contribution in [0.4, 0.5) is 0 Å². The number of benzene rings is 1. The maximum Gasteiger partial charge on any atom is 0.0724 e. The van der Waals surface area contributed by atoms with Gasteiger partial charge in [-0.2, -0.15) is 0 Å². The van der Waals surface area contributed by atoms with Crippen LogP contribution in [0.2, 0.25) is 0 Å². The molecular formula is C14H23NO. The lowest BCUT2D eigenvalue weighted by atomic mass is 9.99. The first kappa shape index (κ1) is 13.2. The maximum atomic E-state index is 5.52. The minimum Gasteiger partial charge on any atom is -0.380 e. The summed E-state index contributed by atoms with van der Waals surface area (Å²) in [7, 11) is 1.80. The summed E-state index contributed by atoms with van der Waals surface area (Å²) in [6.07, 6.45) is 2.36. The third-order valence-electron chi connectivity index (χ3n) is 2.92. The molecule has 0 saturated carbocycles. The Balaban J connectivity index is 2.63. The first-order valence-corrected chi connectivity index (χ1v) is 6.11. The van der Waals surface area contributed by atoms with Crippen LogP contribution >= 0.6 is 0 Å². The average Bonchev–Trinajstić information content (AvgIpc) is 2.32. The number of methoxy groups -OCH3 is 1. The Morgan fingerprint density at radius 1 is 1.19 bits per heavy atom. The van der Waals surface area contributed by atoms with Gasteiger partial charge < -0.3 is 10.1 Å². The fourth-order valence-corrected chi connectivity index (χ4v) is 2.08. The van der Waals surface area contributed by atoms with E-state index >= 15 is 0 Å². The van der Waals surface area contributed by atoms with Crippen molar-refractivity contribution in [2.45, 2.75) is 38.8 Å². The molecule has 0 aliphatic heterocycles. The molecule has 1 N–H and O–H groups in total. The Hall–Kier alpha value is -0.860. The third-order valence-corrected chi connectivity index (χ3v) is 2.92. The molecule has 16 heavy (non-hydrogen) atoms. The van der Waals surface area contributed by atoms with Gasteiger partial charge in [-0.25, -0.2) is 0 Å². The lowest BCUT2D eigenvalue weighted by molar-refractivity contribution is 0.0658. The summed E-state index contributed by atoms with van der Waals surface area (Å²) in [5, 5.41) is 3.51. The van der Waals surface area contributed by atoms with Crippen molar-refractivity contribution in [1.82, 2.24) is 5.32 Å². The second-order valence-electron chi connectivity index (χ2n) is 4.04. The third kappa shape index (κ3) is 3.95. The lowest BCUT2D eigenvalue weighted by Gasteiger charge is -2.26. The molecule has 0 radical (unpaired) electrons. The van der Waals surface area contributed by atoms with Crippen LogP contribution in [0.5, 0.6) is 0 Å². The van der Waals surface area contributed by atoms with Crippen molar-refractivity contribution in [3.63, 3.8) is 0 Å². The van der Waals surface area contributed by atoms with Gasteiger partial charge in [0.15, 0.2) is 0 Å². The van der Waals surface area contributed by atoms with Crippen molar-refractivity contribution in [3.05, 3.63) is 35.9 Å². The number of likely N-dealkylation sites (N-methyl/N-ethyl adjacent to an activating group) is 1. The molecule has 2 unspecified atom stereocenters. The molecule has 0 aromatic heterocycles. The molecule has 0 heterocycles. The van der Waals surface area contributed by atoms with Crippen molar-refractivity contribution in [3.8, 4) is 0 Å². The highest BCUT2D eigenvalue weighted by Gasteiger charge is 2.18. The average molecular weight is 221 g/mol. The molecule has 0 fully saturated rings. The topological polar surface area (TPSA) is 21.3 Å².